The van der Waals surface area contributed by atoms with E-state index in [1.165, 1.54) is 0 Å². The summed E-state index contributed by atoms with van der Waals surface area (Å²) in [5, 5.41) is 2.98. The first-order valence-electron chi connectivity index (χ1n) is 8.50. The number of amides is 2. The Balaban J connectivity index is 1.75. The first-order valence-corrected chi connectivity index (χ1v) is 9.29. The third-order valence-corrected chi connectivity index (χ3v) is 5.33. The predicted molar refractivity (Wildman–Crippen MR) is 104 cm³/mol. The van der Waals surface area contributed by atoms with Gasteiger partial charge >= 0.3 is 0 Å². The smallest absolute Gasteiger partial charge is 0.259 e. The molecule has 2 amide bonds. The van der Waals surface area contributed by atoms with E-state index in [1.807, 2.05) is 42.5 Å². The van der Waals surface area contributed by atoms with Gasteiger partial charge in [0, 0.05) is 28.8 Å². The van der Waals surface area contributed by atoms with Gasteiger partial charge in [-0.15, -0.1) is 0 Å². The van der Waals surface area contributed by atoms with Gasteiger partial charge in [-0.1, -0.05) is 31.0 Å². The van der Waals surface area contributed by atoms with Crippen LogP contribution in [0.4, 0.5) is 11.4 Å². The summed E-state index contributed by atoms with van der Waals surface area (Å²) in [5.74, 6) is 0.0875. The Hall–Kier alpha value is -2.14. The van der Waals surface area contributed by atoms with Crippen molar-refractivity contribution in [2.45, 2.75) is 25.7 Å². The highest BCUT2D eigenvalue weighted by molar-refractivity contribution is 9.10. The van der Waals surface area contributed by atoms with Gasteiger partial charge in [0.15, 0.2) is 0 Å². The first kappa shape index (κ1) is 17.7. The molecule has 1 aliphatic rings. The van der Waals surface area contributed by atoms with Crippen LogP contribution in [0.25, 0.3) is 0 Å². The lowest BCUT2D eigenvalue weighted by Crippen LogP contribution is -2.27. The average Bonchev–Trinajstić information content (AvgIpc) is 3.16. The molecule has 1 fully saturated rings. The van der Waals surface area contributed by atoms with Gasteiger partial charge in [-0.3, -0.25) is 9.59 Å². The highest BCUT2D eigenvalue weighted by Crippen LogP contribution is 2.27. The van der Waals surface area contributed by atoms with Gasteiger partial charge in [0.2, 0.25) is 5.91 Å². The lowest BCUT2D eigenvalue weighted by molar-refractivity contribution is -0.119. The number of nitrogens with zero attached hydrogens (tertiary/aromatic N) is 1. The molecule has 0 unspecified atom stereocenters. The number of carbonyl (C=O) groups is 2. The van der Waals surface area contributed by atoms with Gasteiger partial charge in [-0.2, -0.15) is 0 Å². The van der Waals surface area contributed by atoms with Crippen LogP contribution in [0, 0.1) is 5.92 Å². The van der Waals surface area contributed by atoms with Crippen LogP contribution in [0.15, 0.2) is 53.0 Å². The van der Waals surface area contributed by atoms with Gasteiger partial charge in [-0.25, -0.2) is 0 Å². The Morgan fingerprint density at radius 1 is 1.08 bits per heavy atom. The highest BCUT2D eigenvalue weighted by Gasteiger charge is 2.23. The number of anilines is 2. The molecule has 3 rings (SSSR count). The Morgan fingerprint density at radius 3 is 2.52 bits per heavy atom. The molecule has 2 aromatic carbocycles. The maximum Gasteiger partial charge on any atom is 0.259 e. The fourth-order valence-corrected chi connectivity index (χ4v) is 3.61. The molecule has 1 aliphatic carbocycles. The second-order valence-corrected chi connectivity index (χ2v) is 7.22. The molecule has 0 radical (unpaired) electrons. The lowest BCUT2D eigenvalue weighted by atomic mass is 10.1. The summed E-state index contributed by atoms with van der Waals surface area (Å²) in [7, 11) is 1.74. The number of carbonyl (C=O) groups excluding carboxylic acids is 2. The van der Waals surface area contributed by atoms with E-state index in [1.54, 1.807) is 18.0 Å². The van der Waals surface area contributed by atoms with Crippen molar-refractivity contribution in [2.24, 2.45) is 5.92 Å². The SMILES string of the molecule is CN(C(=O)c1ccccc1Br)c1cccc(NC(=O)C2CCCC2)c1. The molecule has 0 heterocycles. The largest absolute Gasteiger partial charge is 0.326 e. The van der Waals surface area contributed by atoms with Crippen molar-refractivity contribution >= 4 is 39.1 Å². The van der Waals surface area contributed by atoms with Crippen molar-refractivity contribution in [1.29, 1.82) is 0 Å². The number of rotatable bonds is 4. The van der Waals surface area contributed by atoms with E-state index >= 15 is 0 Å². The molecule has 5 heteroatoms. The van der Waals surface area contributed by atoms with E-state index in [0.717, 1.165) is 41.5 Å². The van der Waals surface area contributed by atoms with Crippen molar-refractivity contribution in [3.63, 3.8) is 0 Å². The Labute approximate surface area is 156 Å². The summed E-state index contributed by atoms with van der Waals surface area (Å²) >= 11 is 3.42. The van der Waals surface area contributed by atoms with Gasteiger partial charge in [-0.05, 0) is 59.1 Å². The molecule has 1 saturated carbocycles. The number of hydrogen-bond acceptors (Lipinski definition) is 2. The monoisotopic (exact) mass is 400 g/mol. The van der Waals surface area contributed by atoms with Gasteiger partial charge < -0.3 is 10.2 Å². The molecule has 1 N–H and O–H groups in total. The molecule has 0 aromatic heterocycles. The van der Waals surface area contributed by atoms with Gasteiger partial charge in [0.25, 0.3) is 5.91 Å². The molecule has 2 aromatic rings. The number of halogens is 1. The number of hydrogen-bond donors (Lipinski definition) is 1. The third kappa shape index (κ3) is 4.10. The van der Waals surface area contributed by atoms with E-state index in [-0.39, 0.29) is 17.7 Å². The van der Waals surface area contributed by atoms with E-state index in [0.29, 0.717) is 5.56 Å². The number of benzene rings is 2. The van der Waals surface area contributed by atoms with Crippen LogP contribution in [-0.4, -0.2) is 18.9 Å². The van der Waals surface area contributed by atoms with Gasteiger partial charge in [0.1, 0.15) is 0 Å². The van der Waals surface area contributed by atoms with E-state index in [4.69, 9.17) is 0 Å². The molecular weight excluding hydrogens is 380 g/mol. The van der Waals surface area contributed by atoms with Crippen LogP contribution in [0.1, 0.15) is 36.0 Å². The minimum Gasteiger partial charge on any atom is -0.326 e. The summed E-state index contributed by atoms with van der Waals surface area (Å²) in [6.07, 6.45) is 4.18. The van der Waals surface area contributed by atoms with Crippen LogP contribution in [0.2, 0.25) is 0 Å². The molecule has 25 heavy (non-hydrogen) atoms. The van der Waals surface area contributed by atoms with E-state index < -0.39 is 0 Å². The molecule has 0 atom stereocenters. The molecular formula is C20H21BrN2O2. The predicted octanol–water partition coefficient (Wildman–Crippen LogP) is 4.85. The Kier molecular flexibility index (Phi) is 5.53. The van der Waals surface area contributed by atoms with E-state index in [2.05, 4.69) is 21.2 Å². The van der Waals surface area contributed by atoms with Crippen molar-refractivity contribution in [1.82, 2.24) is 0 Å². The average molecular weight is 401 g/mol. The van der Waals surface area contributed by atoms with Crippen LogP contribution in [0.3, 0.4) is 0 Å². The van der Waals surface area contributed by atoms with Gasteiger partial charge in [0.05, 0.1) is 5.56 Å². The first-order chi connectivity index (χ1) is 12.1. The van der Waals surface area contributed by atoms with Crippen molar-refractivity contribution in [2.75, 3.05) is 17.3 Å². The maximum absolute atomic E-state index is 12.7. The standard InChI is InChI=1S/C20H21BrN2O2/c1-23(20(25)17-11-4-5-12-18(17)21)16-10-6-9-15(13-16)22-19(24)14-7-2-3-8-14/h4-6,9-14H,2-3,7-8H2,1H3,(H,22,24). The van der Waals surface area contributed by atoms with Crippen LogP contribution in [-0.2, 0) is 4.79 Å². The van der Waals surface area contributed by atoms with Crippen molar-refractivity contribution in [3.05, 3.63) is 58.6 Å². The summed E-state index contributed by atoms with van der Waals surface area (Å²) < 4.78 is 0.762. The maximum atomic E-state index is 12.7. The quantitative estimate of drug-likeness (QED) is 0.796. The molecule has 130 valence electrons. The normalized spacial score (nSPS) is 14.3. The van der Waals surface area contributed by atoms with E-state index in [9.17, 15) is 9.59 Å². The molecule has 0 aliphatic heterocycles. The van der Waals surface area contributed by atoms with Crippen LogP contribution < -0.4 is 10.2 Å². The topological polar surface area (TPSA) is 49.4 Å². The molecule has 0 bridgehead atoms. The van der Waals surface area contributed by atoms with Crippen LogP contribution >= 0.6 is 15.9 Å². The second-order valence-electron chi connectivity index (χ2n) is 6.36. The number of nitrogens with one attached hydrogen (secondary N) is 1. The lowest BCUT2D eigenvalue weighted by Gasteiger charge is -2.19. The fraction of sp³-hybridized carbons (Fsp3) is 0.300. The zero-order valence-corrected chi connectivity index (χ0v) is 15.8. The fourth-order valence-electron chi connectivity index (χ4n) is 3.16. The molecule has 0 spiro atoms. The second kappa shape index (κ2) is 7.83. The summed E-state index contributed by atoms with van der Waals surface area (Å²) in [4.78, 5) is 26.6. The Morgan fingerprint density at radius 2 is 1.80 bits per heavy atom. The van der Waals surface area contributed by atoms with Crippen LogP contribution in [0.5, 0.6) is 0 Å². The summed E-state index contributed by atoms with van der Waals surface area (Å²) in [6, 6.07) is 14.7. The zero-order chi connectivity index (χ0) is 17.8. The summed E-state index contributed by atoms with van der Waals surface area (Å²) in [5.41, 5.74) is 2.07. The zero-order valence-electron chi connectivity index (χ0n) is 14.2. The van der Waals surface area contributed by atoms with Crippen molar-refractivity contribution in [3.8, 4) is 0 Å². The minimum atomic E-state index is -0.105. The Bertz CT molecular complexity index is 785. The minimum absolute atomic E-state index is 0.0782. The highest BCUT2D eigenvalue weighted by atomic mass is 79.9. The molecule has 0 saturated heterocycles. The summed E-state index contributed by atoms with van der Waals surface area (Å²) in [6.45, 7) is 0. The third-order valence-electron chi connectivity index (χ3n) is 4.64. The molecule has 4 nitrogen and oxygen atoms in total. The van der Waals surface area contributed by atoms with Crippen molar-refractivity contribution < 1.29 is 9.59 Å².